The molecule has 9 atom stereocenters. The summed E-state index contributed by atoms with van der Waals surface area (Å²) >= 11 is 0. The molecule has 2 fully saturated rings. The van der Waals surface area contributed by atoms with Crippen molar-refractivity contribution in [3.05, 3.63) is 215 Å². The average Bonchev–Trinajstić information content (AvgIpc) is 3.90. The van der Waals surface area contributed by atoms with Crippen LogP contribution in [0.5, 0.6) is 0 Å². The van der Waals surface area contributed by atoms with Gasteiger partial charge in [0.15, 0.2) is 30.7 Å². The van der Waals surface area contributed by atoms with Crippen molar-refractivity contribution in [2.45, 2.75) is 62.0 Å². The Hall–Kier alpha value is -8.47. The van der Waals surface area contributed by atoms with Crippen molar-refractivity contribution >= 4 is 41.8 Å². The van der Waals surface area contributed by atoms with Crippen molar-refractivity contribution in [2.75, 3.05) is 6.61 Å². The van der Waals surface area contributed by atoms with Gasteiger partial charge in [0.25, 0.3) is 0 Å². The van der Waals surface area contributed by atoms with Gasteiger partial charge in [-0.3, -0.25) is 0 Å². The zero-order chi connectivity index (χ0) is 49.0. The van der Waals surface area contributed by atoms with Crippen molar-refractivity contribution in [2.24, 2.45) is 0 Å². The standard InChI is InChI=1S/C54H44O16/c1-33(63-48(56)35-22-10-3-11-23-35)41-43(66-50(58)37-26-14-5-15-27-37)46(68-52(60)39-30-18-7-19-31-39)54(69-41)70-44-42(65-53(61)45(44)67-51(59)38-28-16-6-17-29-38)40(64-49(57)36-24-12-4-13-25-36)32-62-47(55)34-20-8-2-9-21-34/h2-31,33,40-46,54H,32H2,1H3/t33-,40-,41+,42+,43+,44+,45+,46-,54+/m1/s1. The van der Waals surface area contributed by atoms with Crippen LogP contribution >= 0.6 is 0 Å². The van der Waals surface area contributed by atoms with Crippen molar-refractivity contribution in [1.82, 2.24) is 0 Å². The maximum Gasteiger partial charge on any atom is 0.350 e. The lowest BCUT2D eigenvalue weighted by Crippen LogP contribution is -2.50. The fraction of sp³-hybridized carbons (Fsp3) is 0.204. The van der Waals surface area contributed by atoms with Gasteiger partial charge in [0.05, 0.1) is 33.4 Å². The van der Waals surface area contributed by atoms with E-state index in [4.69, 9.17) is 42.6 Å². The second-order valence-electron chi connectivity index (χ2n) is 15.9. The first-order chi connectivity index (χ1) is 34.0. The van der Waals surface area contributed by atoms with E-state index in [1.807, 2.05) is 0 Å². The number of hydrogen-bond acceptors (Lipinski definition) is 16. The molecule has 2 aliphatic rings. The minimum Gasteiger partial charge on any atom is -0.458 e. The number of esters is 7. The predicted octanol–water partition coefficient (Wildman–Crippen LogP) is 7.03. The Kier molecular flexibility index (Phi) is 15.5. The molecule has 0 aromatic heterocycles. The number of carbonyl (C=O) groups is 7. The highest BCUT2D eigenvalue weighted by molar-refractivity contribution is 5.93. The van der Waals surface area contributed by atoms with Crippen molar-refractivity contribution in [3.63, 3.8) is 0 Å². The van der Waals surface area contributed by atoms with Crippen LogP contribution in [0.2, 0.25) is 0 Å². The SMILES string of the molecule is C[C@@H](OC(=O)c1ccccc1)[C@@H]1O[C@@H](O[C@H]2[C@H]([C@@H](COC(=O)c3ccccc3)OC(=O)c3ccccc3)OC(=O)[C@H]2OC(=O)c2ccccc2)[C@H](OC(=O)c2ccccc2)[C@H]1OC(=O)c1ccccc1. The van der Waals surface area contributed by atoms with E-state index in [-0.39, 0.29) is 33.4 Å². The third kappa shape index (κ3) is 11.6. The topological polar surface area (TPSA) is 203 Å². The number of carbonyl (C=O) groups excluding carboxylic acids is 7. The molecule has 2 aliphatic heterocycles. The van der Waals surface area contributed by atoms with Crippen LogP contribution in [0.25, 0.3) is 0 Å². The first kappa shape index (κ1) is 48.0. The Bertz CT molecular complexity index is 2760. The van der Waals surface area contributed by atoms with E-state index in [2.05, 4.69) is 0 Å². The Morgan fingerprint density at radius 1 is 0.443 bits per heavy atom. The van der Waals surface area contributed by atoms with Gasteiger partial charge in [-0.25, -0.2) is 33.6 Å². The zero-order valence-corrected chi connectivity index (χ0v) is 37.3. The molecule has 0 saturated carbocycles. The fourth-order valence-corrected chi connectivity index (χ4v) is 7.64. The molecule has 0 N–H and O–H groups in total. The second kappa shape index (κ2) is 22.6. The number of benzene rings is 6. The summed E-state index contributed by atoms with van der Waals surface area (Å²) in [6.45, 7) is 0.733. The van der Waals surface area contributed by atoms with Gasteiger partial charge in [0.2, 0.25) is 6.10 Å². The predicted molar refractivity (Wildman–Crippen MR) is 244 cm³/mol. The van der Waals surface area contributed by atoms with E-state index in [0.717, 1.165) is 0 Å². The van der Waals surface area contributed by atoms with Gasteiger partial charge in [0, 0.05) is 0 Å². The Balaban J connectivity index is 1.19. The van der Waals surface area contributed by atoms with Crippen molar-refractivity contribution in [1.29, 1.82) is 0 Å². The first-order valence-corrected chi connectivity index (χ1v) is 22.1. The van der Waals surface area contributed by atoms with Gasteiger partial charge in [-0.1, -0.05) is 109 Å². The van der Waals surface area contributed by atoms with E-state index in [1.165, 1.54) is 79.7 Å². The average molecular weight is 949 g/mol. The third-order valence-electron chi connectivity index (χ3n) is 11.1. The van der Waals surface area contributed by atoms with Crippen LogP contribution in [0.4, 0.5) is 0 Å². The number of hydrogen-bond donors (Lipinski definition) is 0. The quantitative estimate of drug-likeness (QED) is 0.0666. The van der Waals surface area contributed by atoms with Crippen LogP contribution in [0.3, 0.4) is 0 Å². The number of ether oxygens (including phenoxy) is 9. The molecule has 6 aromatic carbocycles. The maximum atomic E-state index is 14.1. The van der Waals surface area contributed by atoms with E-state index in [9.17, 15) is 33.6 Å². The van der Waals surface area contributed by atoms with Crippen molar-refractivity contribution in [3.8, 4) is 0 Å². The Morgan fingerprint density at radius 2 is 0.814 bits per heavy atom. The first-order valence-electron chi connectivity index (χ1n) is 22.1. The smallest absolute Gasteiger partial charge is 0.350 e. The van der Waals surface area contributed by atoms with Crippen LogP contribution in [-0.2, 0) is 47.4 Å². The molecule has 0 radical (unpaired) electrons. The molecule has 2 saturated heterocycles. The molecule has 70 heavy (non-hydrogen) atoms. The van der Waals surface area contributed by atoms with Gasteiger partial charge in [-0.05, 0) is 79.7 Å². The van der Waals surface area contributed by atoms with Gasteiger partial charge >= 0.3 is 41.8 Å². The van der Waals surface area contributed by atoms with E-state index < -0.39 is 104 Å². The van der Waals surface area contributed by atoms with E-state index in [1.54, 1.807) is 109 Å². The lowest BCUT2D eigenvalue weighted by molar-refractivity contribution is -0.224. The summed E-state index contributed by atoms with van der Waals surface area (Å²) in [4.78, 5) is 96.4. The Morgan fingerprint density at radius 3 is 1.26 bits per heavy atom. The van der Waals surface area contributed by atoms with Crippen molar-refractivity contribution < 1.29 is 76.2 Å². The molecule has 16 heteroatoms. The fourth-order valence-electron chi connectivity index (χ4n) is 7.64. The molecular weight excluding hydrogens is 905 g/mol. The summed E-state index contributed by atoms with van der Waals surface area (Å²) < 4.78 is 54.4. The monoisotopic (exact) mass is 948 g/mol. The summed E-state index contributed by atoms with van der Waals surface area (Å²) in [7, 11) is 0. The highest BCUT2D eigenvalue weighted by Crippen LogP contribution is 2.37. The summed E-state index contributed by atoms with van der Waals surface area (Å²) in [5.74, 6) is -6.49. The van der Waals surface area contributed by atoms with Crippen LogP contribution in [0, 0.1) is 0 Å². The summed E-state index contributed by atoms with van der Waals surface area (Å²) in [6, 6.07) is 47.1. The van der Waals surface area contributed by atoms with Gasteiger partial charge in [-0.15, -0.1) is 0 Å². The number of cyclic esters (lactones) is 1. The molecule has 6 aromatic rings. The summed E-state index contributed by atoms with van der Waals surface area (Å²) in [6.07, 6.45) is -15.1. The lowest BCUT2D eigenvalue weighted by atomic mass is 10.0. The number of rotatable bonds is 17. The highest BCUT2D eigenvalue weighted by Gasteiger charge is 2.59. The lowest BCUT2D eigenvalue weighted by Gasteiger charge is -2.31. The van der Waals surface area contributed by atoms with Crippen LogP contribution < -0.4 is 0 Å². The Labute approximate surface area is 400 Å². The molecule has 356 valence electrons. The van der Waals surface area contributed by atoms with Crippen LogP contribution in [-0.4, -0.2) is 104 Å². The molecule has 0 bridgehead atoms. The van der Waals surface area contributed by atoms with Gasteiger partial charge in [0.1, 0.15) is 24.9 Å². The van der Waals surface area contributed by atoms with E-state index in [0.29, 0.717) is 0 Å². The van der Waals surface area contributed by atoms with E-state index >= 15 is 0 Å². The van der Waals surface area contributed by atoms with Crippen LogP contribution in [0.1, 0.15) is 69.1 Å². The molecule has 16 nitrogen and oxygen atoms in total. The third-order valence-corrected chi connectivity index (χ3v) is 11.1. The summed E-state index contributed by atoms with van der Waals surface area (Å²) in [5.41, 5.74) is 0.614. The maximum absolute atomic E-state index is 14.1. The largest absolute Gasteiger partial charge is 0.458 e. The molecule has 2 heterocycles. The molecule has 0 unspecified atom stereocenters. The molecule has 0 spiro atoms. The zero-order valence-electron chi connectivity index (χ0n) is 37.3. The molecule has 8 rings (SSSR count). The van der Waals surface area contributed by atoms with Crippen LogP contribution in [0.15, 0.2) is 182 Å². The minimum absolute atomic E-state index is 0.0372. The van der Waals surface area contributed by atoms with Gasteiger partial charge in [-0.2, -0.15) is 0 Å². The molecule has 0 aliphatic carbocycles. The minimum atomic E-state index is -1.95. The summed E-state index contributed by atoms with van der Waals surface area (Å²) in [5, 5.41) is 0. The second-order valence-corrected chi connectivity index (χ2v) is 15.9. The van der Waals surface area contributed by atoms with Gasteiger partial charge < -0.3 is 42.6 Å². The normalized spacial score (nSPS) is 21.2. The molecular formula is C54H44O16. The molecule has 0 amide bonds. The highest BCUT2D eigenvalue weighted by atomic mass is 16.8.